The summed E-state index contributed by atoms with van der Waals surface area (Å²) in [5.41, 5.74) is 6.91. The molecule has 0 aromatic heterocycles. The number of halogens is 1. The number of nitrogens with two attached hydrogens (primary N) is 1. The molecule has 0 saturated heterocycles. The number of carbonyl (C=O) groups excluding carboxylic acids is 1. The van der Waals surface area contributed by atoms with Crippen molar-refractivity contribution in [2.24, 2.45) is 0 Å². The number of esters is 1. The third kappa shape index (κ3) is 3.45. The molecule has 0 aliphatic heterocycles. The Morgan fingerprint density at radius 1 is 1.29 bits per heavy atom. The lowest BCUT2D eigenvalue weighted by molar-refractivity contribution is 0.0598. The lowest BCUT2D eigenvalue weighted by Gasteiger charge is -2.13. The second-order valence-electron chi connectivity index (χ2n) is 4.28. The van der Waals surface area contributed by atoms with E-state index >= 15 is 0 Å². The van der Waals surface area contributed by atoms with Crippen molar-refractivity contribution in [2.75, 3.05) is 12.8 Å². The SMILES string of the molecule is COC(=O)c1cc(N)cc(Cl)c1Oc1ccc(CO)cc1. The molecule has 2 aromatic carbocycles. The molecule has 5 nitrogen and oxygen atoms in total. The maximum Gasteiger partial charge on any atom is 0.341 e. The Balaban J connectivity index is 2.39. The zero-order valence-electron chi connectivity index (χ0n) is 11.3. The van der Waals surface area contributed by atoms with E-state index in [1.54, 1.807) is 24.3 Å². The van der Waals surface area contributed by atoms with E-state index in [2.05, 4.69) is 0 Å². The maximum atomic E-state index is 11.8. The van der Waals surface area contributed by atoms with E-state index in [0.29, 0.717) is 11.4 Å². The summed E-state index contributed by atoms with van der Waals surface area (Å²) in [6.07, 6.45) is 0. The van der Waals surface area contributed by atoms with Gasteiger partial charge in [-0.05, 0) is 29.8 Å². The van der Waals surface area contributed by atoms with Crippen molar-refractivity contribution < 1.29 is 19.4 Å². The number of aliphatic hydroxyl groups is 1. The first kappa shape index (κ1) is 15.2. The molecule has 0 fully saturated rings. The molecular weight excluding hydrogens is 294 g/mol. The van der Waals surface area contributed by atoms with Gasteiger partial charge in [0.1, 0.15) is 11.3 Å². The summed E-state index contributed by atoms with van der Waals surface area (Å²) in [4.78, 5) is 11.8. The number of ether oxygens (including phenoxy) is 2. The lowest BCUT2D eigenvalue weighted by atomic mass is 10.1. The molecular formula is C15H14ClNO4. The Bertz CT molecular complexity index is 655. The van der Waals surface area contributed by atoms with Gasteiger partial charge in [-0.15, -0.1) is 0 Å². The van der Waals surface area contributed by atoms with Crippen LogP contribution in [0.5, 0.6) is 11.5 Å². The highest BCUT2D eigenvalue weighted by Crippen LogP contribution is 2.35. The van der Waals surface area contributed by atoms with E-state index in [1.165, 1.54) is 19.2 Å². The molecule has 21 heavy (non-hydrogen) atoms. The van der Waals surface area contributed by atoms with Crippen LogP contribution in [0.1, 0.15) is 15.9 Å². The number of nitrogen functional groups attached to an aromatic ring is 1. The fourth-order valence-electron chi connectivity index (χ4n) is 1.76. The van der Waals surface area contributed by atoms with Crippen LogP contribution in [0.3, 0.4) is 0 Å². The van der Waals surface area contributed by atoms with Crippen molar-refractivity contribution in [3.8, 4) is 11.5 Å². The molecule has 0 aliphatic rings. The smallest absolute Gasteiger partial charge is 0.341 e. The first-order valence-corrected chi connectivity index (χ1v) is 6.48. The van der Waals surface area contributed by atoms with E-state index in [-0.39, 0.29) is 22.9 Å². The number of rotatable bonds is 4. The van der Waals surface area contributed by atoms with E-state index in [1.807, 2.05) is 0 Å². The minimum atomic E-state index is -0.592. The van der Waals surface area contributed by atoms with Crippen LogP contribution in [-0.4, -0.2) is 18.2 Å². The quantitative estimate of drug-likeness (QED) is 0.670. The summed E-state index contributed by atoms with van der Waals surface area (Å²) in [6.45, 7) is -0.0592. The summed E-state index contributed by atoms with van der Waals surface area (Å²) < 4.78 is 10.3. The molecule has 0 heterocycles. The lowest BCUT2D eigenvalue weighted by Crippen LogP contribution is -2.05. The topological polar surface area (TPSA) is 81.8 Å². The first-order chi connectivity index (χ1) is 10.0. The third-order valence-corrected chi connectivity index (χ3v) is 3.08. The van der Waals surface area contributed by atoms with E-state index in [9.17, 15) is 4.79 Å². The molecule has 0 radical (unpaired) electrons. The summed E-state index contributed by atoms with van der Waals surface area (Å²) in [6, 6.07) is 9.68. The van der Waals surface area contributed by atoms with Crippen LogP contribution in [0.4, 0.5) is 5.69 Å². The van der Waals surface area contributed by atoms with Crippen molar-refractivity contribution in [1.82, 2.24) is 0 Å². The van der Waals surface area contributed by atoms with Crippen molar-refractivity contribution in [3.05, 3.63) is 52.5 Å². The number of aliphatic hydroxyl groups excluding tert-OH is 1. The van der Waals surface area contributed by atoms with Gasteiger partial charge in [0.25, 0.3) is 0 Å². The van der Waals surface area contributed by atoms with Gasteiger partial charge in [0.05, 0.1) is 18.7 Å². The second kappa shape index (κ2) is 6.47. The molecule has 0 unspecified atom stereocenters. The van der Waals surface area contributed by atoms with Gasteiger partial charge in [-0.3, -0.25) is 0 Å². The normalized spacial score (nSPS) is 10.2. The summed E-state index contributed by atoms with van der Waals surface area (Å²) >= 11 is 6.09. The molecule has 0 saturated carbocycles. The minimum Gasteiger partial charge on any atom is -0.465 e. The zero-order chi connectivity index (χ0) is 15.4. The molecule has 3 N–H and O–H groups in total. The highest BCUT2D eigenvalue weighted by atomic mass is 35.5. The number of carbonyl (C=O) groups is 1. The molecule has 2 aromatic rings. The molecule has 0 amide bonds. The largest absolute Gasteiger partial charge is 0.465 e. The molecule has 0 spiro atoms. The van der Waals surface area contributed by atoms with Gasteiger partial charge in [-0.2, -0.15) is 0 Å². The van der Waals surface area contributed by atoms with E-state index in [0.717, 1.165) is 5.56 Å². The number of methoxy groups -OCH3 is 1. The van der Waals surface area contributed by atoms with Gasteiger partial charge in [0, 0.05) is 5.69 Å². The van der Waals surface area contributed by atoms with Crippen LogP contribution in [-0.2, 0) is 11.3 Å². The average molecular weight is 308 g/mol. The number of hydrogen-bond donors (Lipinski definition) is 2. The number of anilines is 1. The van der Waals surface area contributed by atoms with E-state index in [4.69, 9.17) is 31.9 Å². The first-order valence-electron chi connectivity index (χ1n) is 6.10. The van der Waals surface area contributed by atoms with Gasteiger partial charge in [-0.1, -0.05) is 23.7 Å². The van der Waals surface area contributed by atoms with Gasteiger partial charge in [0.2, 0.25) is 0 Å². The van der Waals surface area contributed by atoms with Crippen molar-refractivity contribution >= 4 is 23.3 Å². The van der Waals surface area contributed by atoms with E-state index < -0.39 is 5.97 Å². The van der Waals surface area contributed by atoms with Crippen LogP contribution in [0.2, 0.25) is 5.02 Å². The van der Waals surface area contributed by atoms with Crippen LogP contribution in [0.25, 0.3) is 0 Å². The Hall–Kier alpha value is -2.24. The van der Waals surface area contributed by atoms with Crippen molar-refractivity contribution in [2.45, 2.75) is 6.61 Å². The second-order valence-corrected chi connectivity index (χ2v) is 4.68. The molecule has 110 valence electrons. The molecule has 2 rings (SSSR count). The van der Waals surface area contributed by atoms with Crippen LogP contribution >= 0.6 is 11.6 Å². The standard InChI is InChI=1S/C15H14ClNO4/c1-20-15(19)12-6-10(17)7-13(16)14(12)21-11-4-2-9(8-18)3-5-11/h2-7,18H,8,17H2,1H3. The maximum absolute atomic E-state index is 11.8. The highest BCUT2D eigenvalue weighted by molar-refractivity contribution is 6.33. The van der Waals surface area contributed by atoms with Gasteiger partial charge in [-0.25, -0.2) is 4.79 Å². The van der Waals surface area contributed by atoms with Gasteiger partial charge >= 0.3 is 5.97 Å². The summed E-state index contributed by atoms with van der Waals surface area (Å²) in [5.74, 6) is 0.0599. The third-order valence-electron chi connectivity index (χ3n) is 2.80. The molecule has 0 aliphatic carbocycles. The zero-order valence-corrected chi connectivity index (χ0v) is 12.1. The minimum absolute atomic E-state index is 0.0592. The highest BCUT2D eigenvalue weighted by Gasteiger charge is 2.18. The van der Waals surface area contributed by atoms with Crippen LogP contribution in [0, 0.1) is 0 Å². The monoisotopic (exact) mass is 307 g/mol. The fraction of sp³-hybridized carbons (Fsp3) is 0.133. The van der Waals surface area contributed by atoms with Crippen LogP contribution < -0.4 is 10.5 Å². The number of hydrogen-bond acceptors (Lipinski definition) is 5. The summed E-state index contributed by atoms with van der Waals surface area (Å²) in [5, 5.41) is 9.21. The Labute approximate surface area is 126 Å². The average Bonchev–Trinajstić information content (AvgIpc) is 2.49. The Morgan fingerprint density at radius 2 is 1.95 bits per heavy atom. The number of benzene rings is 2. The summed E-state index contributed by atoms with van der Waals surface area (Å²) in [7, 11) is 1.26. The van der Waals surface area contributed by atoms with Crippen molar-refractivity contribution in [1.29, 1.82) is 0 Å². The van der Waals surface area contributed by atoms with Gasteiger partial charge in [0.15, 0.2) is 5.75 Å². The van der Waals surface area contributed by atoms with Crippen LogP contribution in [0.15, 0.2) is 36.4 Å². The van der Waals surface area contributed by atoms with Crippen molar-refractivity contribution in [3.63, 3.8) is 0 Å². The predicted octanol–water partition coefficient (Wildman–Crippen LogP) is 2.99. The fourth-order valence-corrected chi connectivity index (χ4v) is 2.03. The molecule has 0 atom stereocenters. The molecule has 6 heteroatoms. The predicted molar refractivity (Wildman–Crippen MR) is 79.6 cm³/mol. The van der Waals surface area contributed by atoms with Gasteiger partial charge < -0.3 is 20.3 Å². The Morgan fingerprint density at radius 3 is 2.52 bits per heavy atom. The Kier molecular flexibility index (Phi) is 4.67. The molecule has 0 bridgehead atoms.